The van der Waals surface area contributed by atoms with Crippen molar-refractivity contribution in [2.45, 2.75) is 39.5 Å². The first kappa shape index (κ1) is 17.8. The second-order valence-corrected chi connectivity index (χ2v) is 9.47. The van der Waals surface area contributed by atoms with Crippen LogP contribution in [0.25, 0.3) is 10.7 Å². The molecule has 0 unspecified atom stereocenters. The molecule has 1 atom stereocenters. The van der Waals surface area contributed by atoms with Crippen LogP contribution in [0.5, 0.6) is 0 Å². The van der Waals surface area contributed by atoms with Gasteiger partial charge < -0.3 is 0 Å². The molecule has 6 nitrogen and oxygen atoms in total. The van der Waals surface area contributed by atoms with Gasteiger partial charge in [0.2, 0.25) is 0 Å². The average molecular weight is 387 g/mol. The first-order valence-electron chi connectivity index (χ1n) is 8.11. The van der Waals surface area contributed by atoms with Crippen molar-refractivity contribution < 1.29 is 8.42 Å². The maximum Gasteiger partial charge on any atom is 0.199 e. The van der Waals surface area contributed by atoms with Crippen molar-refractivity contribution in [1.82, 2.24) is 19.2 Å². The molecule has 1 saturated heterocycles. The summed E-state index contributed by atoms with van der Waals surface area (Å²) in [6, 6.07) is 4.10. The Hall–Kier alpha value is -1.03. The molecule has 1 aliphatic heterocycles. The van der Waals surface area contributed by atoms with E-state index < -0.39 is 9.84 Å². The van der Waals surface area contributed by atoms with Gasteiger partial charge in [-0.15, -0.1) is 16.4 Å². The number of hydrogen-bond donors (Lipinski definition) is 0. The van der Waals surface area contributed by atoms with Crippen molar-refractivity contribution in [2.24, 2.45) is 0 Å². The van der Waals surface area contributed by atoms with Gasteiger partial charge in [-0.25, -0.2) is 13.1 Å². The van der Waals surface area contributed by atoms with E-state index in [1.165, 1.54) is 0 Å². The molecule has 0 spiro atoms. The molecule has 0 bridgehead atoms. The Labute approximate surface area is 151 Å². The molecule has 1 fully saturated rings. The molecular weight excluding hydrogens is 364 g/mol. The first-order chi connectivity index (χ1) is 11.4. The second-order valence-electron chi connectivity index (χ2n) is 5.93. The van der Waals surface area contributed by atoms with Gasteiger partial charge in [0.05, 0.1) is 23.1 Å². The lowest BCUT2D eigenvalue weighted by Crippen LogP contribution is -2.37. The van der Waals surface area contributed by atoms with E-state index in [9.17, 15) is 8.42 Å². The molecule has 0 saturated carbocycles. The highest BCUT2D eigenvalue weighted by molar-refractivity contribution is 7.91. The van der Waals surface area contributed by atoms with E-state index in [1.54, 1.807) is 11.3 Å². The number of sulfone groups is 1. The Morgan fingerprint density at radius 2 is 2.25 bits per heavy atom. The molecule has 132 valence electrons. The zero-order chi connectivity index (χ0) is 17.3. The molecule has 1 aliphatic rings. The zero-order valence-corrected chi connectivity index (χ0v) is 16.3. The van der Waals surface area contributed by atoms with Gasteiger partial charge >= 0.3 is 0 Å². The van der Waals surface area contributed by atoms with Crippen molar-refractivity contribution in [3.05, 3.63) is 22.3 Å². The molecule has 0 amide bonds. The van der Waals surface area contributed by atoms with E-state index in [4.69, 9.17) is 17.3 Å². The van der Waals surface area contributed by atoms with Crippen LogP contribution in [0.2, 0.25) is 0 Å². The van der Waals surface area contributed by atoms with Crippen LogP contribution in [-0.4, -0.2) is 51.8 Å². The van der Waals surface area contributed by atoms with Gasteiger partial charge in [-0.1, -0.05) is 13.0 Å². The highest BCUT2D eigenvalue weighted by Crippen LogP contribution is 2.24. The third kappa shape index (κ3) is 3.49. The molecule has 2 aromatic heterocycles. The van der Waals surface area contributed by atoms with Crippen molar-refractivity contribution in [1.29, 1.82) is 0 Å². The fourth-order valence-electron chi connectivity index (χ4n) is 3.12. The minimum absolute atomic E-state index is 0.0545. The molecule has 0 radical (unpaired) electrons. The highest BCUT2D eigenvalue weighted by Gasteiger charge is 2.32. The molecule has 0 aliphatic carbocycles. The number of thiophene rings is 1. The number of rotatable bonds is 6. The molecule has 3 heterocycles. The predicted octanol–water partition coefficient (Wildman–Crippen LogP) is 2.63. The maximum atomic E-state index is 11.8. The Morgan fingerprint density at radius 3 is 2.79 bits per heavy atom. The van der Waals surface area contributed by atoms with Crippen molar-refractivity contribution in [3.8, 4) is 10.7 Å². The molecular formula is C15H22N4O2S3. The lowest BCUT2D eigenvalue weighted by Gasteiger charge is -2.26. The molecule has 3 rings (SSSR count). The van der Waals surface area contributed by atoms with E-state index in [0.717, 1.165) is 23.8 Å². The minimum atomic E-state index is -2.90. The van der Waals surface area contributed by atoms with Crippen LogP contribution < -0.4 is 0 Å². The van der Waals surface area contributed by atoms with Crippen LogP contribution >= 0.6 is 23.6 Å². The van der Waals surface area contributed by atoms with Crippen LogP contribution in [0, 0.1) is 4.77 Å². The average Bonchev–Trinajstić information content (AvgIpc) is 3.24. The quantitative estimate of drug-likeness (QED) is 0.714. The van der Waals surface area contributed by atoms with Gasteiger partial charge in [-0.3, -0.25) is 9.47 Å². The van der Waals surface area contributed by atoms with Crippen LogP contribution in [0.4, 0.5) is 0 Å². The SMILES string of the molecule is CCN(Cn1nc(-c2cccs2)n(CC)c1=S)[C@@H]1CCS(=O)(=O)C1. The summed E-state index contributed by atoms with van der Waals surface area (Å²) in [5.41, 5.74) is 0. The van der Waals surface area contributed by atoms with E-state index in [0.29, 0.717) is 17.9 Å². The topological polar surface area (TPSA) is 60.1 Å². The number of hydrogen-bond acceptors (Lipinski definition) is 6. The van der Waals surface area contributed by atoms with Gasteiger partial charge in [0.25, 0.3) is 0 Å². The minimum Gasteiger partial charge on any atom is -0.300 e. The lowest BCUT2D eigenvalue weighted by molar-refractivity contribution is 0.164. The largest absolute Gasteiger partial charge is 0.300 e. The molecule has 24 heavy (non-hydrogen) atoms. The number of nitrogens with zero attached hydrogens (tertiary/aromatic N) is 4. The highest BCUT2D eigenvalue weighted by atomic mass is 32.2. The first-order valence-corrected chi connectivity index (χ1v) is 11.2. The van der Waals surface area contributed by atoms with E-state index >= 15 is 0 Å². The second kappa shape index (κ2) is 7.07. The predicted molar refractivity (Wildman–Crippen MR) is 99.5 cm³/mol. The number of aromatic nitrogens is 3. The van der Waals surface area contributed by atoms with E-state index in [2.05, 4.69) is 11.8 Å². The third-order valence-corrected chi connectivity index (χ3v) is 7.47. The summed E-state index contributed by atoms with van der Waals surface area (Å²) in [4.78, 5) is 3.25. The van der Waals surface area contributed by atoms with Gasteiger partial charge in [0.1, 0.15) is 0 Å². The van der Waals surface area contributed by atoms with Gasteiger partial charge in [-0.2, -0.15) is 0 Å². The van der Waals surface area contributed by atoms with Crippen LogP contribution in [-0.2, 0) is 23.1 Å². The van der Waals surface area contributed by atoms with E-state index in [-0.39, 0.29) is 17.5 Å². The Balaban J connectivity index is 1.88. The molecule has 2 aromatic rings. The lowest BCUT2D eigenvalue weighted by atomic mass is 10.2. The van der Waals surface area contributed by atoms with Gasteiger partial charge in [-0.05, 0) is 43.6 Å². The molecule has 9 heteroatoms. The fourth-order valence-corrected chi connectivity index (χ4v) is 5.91. The summed E-state index contributed by atoms with van der Waals surface area (Å²) in [5.74, 6) is 1.40. The summed E-state index contributed by atoms with van der Waals surface area (Å²) in [7, 11) is -2.90. The standard InChI is InChI=1S/C15H22N4O2S3/c1-3-17(12-7-9-24(20,21)10-12)11-19-15(22)18(4-2)14(16-19)13-6-5-8-23-13/h5-6,8,12H,3-4,7,9-11H2,1-2H3/t12-/m1/s1. The molecule has 0 N–H and O–H groups in total. The summed E-state index contributed by atoms with van der Waals surface area (Å²) in [6.45, 7) is 6.16. The smallest absolute Gasteiger partial charge is 0.199 e. The summed E-state index contributed by atoms with van der Waals surface area (Å²) >= 11 is 7.24. The monoisotopic (exact) mass is 386 g/mol. The summed E-state index contributed by atoms with van der Waals surface area (Å²) in [6.07, 6.45) is 0.690. The third-order valence-electron chi connectivity index (χ3n) is 4.43. The van der Waals surface area contributed by atoms with Crippen LogP contribution in [0.1, 0.15) is 20.3 Å². The van der Waals surface area contributed by atoms with Crippen LogP contribution in [0.3, 0.4) is 0 Å². The zero-order valence-electron chi connectivity index (χ0n) is 13.9. The Morgan fingerprint density at radius 1 is 1.46 bits per heavy atom. The normalized spacial score (nSPS) is 20.0. The van der Waals surface area contributed by atoms with Gasteiger partial charge in [0, 0.05) is 12.6 Å². The van der Waals surface area contributed by atoms with Crippen molar-refractivity contribution in [2.75, 3.05) is 18.1 Å². The van der Waals surface area contributed by atoms with Gasteiger partial charge in [0.15, 0.2) is 20.4 Å². The Bertz CT molecular complexity index is 852. The molecule has 0 aromatic carbocycles. The van der Waals surface area contributed by atoms with Crippen LogP contribution in [0.15, 0.2) is 17.5 Å². The Kier molecular flexibility index (Phi) is 5.24. The summed E-state index contributed by atoms with van der Waals surface area (Å²) < 4.78 is 28.1. The van der Waals surface area contributed by atoms with Crippen molar-refractivity contribution in [3.63, 3.8) is 0 Å². The van der Waals surface area contributed by atoms with E-state index in [1.807, 2.05) is 33.7 Å². The van der Waals surface area contributed by atoms with Crippen molar-refractivity contribution >= 4 is 33.4 Å². The maximum absolute atomic E-state index is 11.8. The summed E-state index contributed by atoms with van der Waals surface area (Å²) in [5, 5.41) is 6.74. The fraction of sp³-hybridized carbons (Fsp3) is 0.600.